The van der Waals surface area contributed by atoms with Gasteiger partial charge >= 0.3 is 6.18 Å². The number of rotatable bonds is 7. The molecule has 0 aliphatic carbocycles. The van der Waals surface area contributed by atoms with Crippen molar-refractivity contribution >= 4 is 23.2 Å². The van der Waals surface area contributed by atoms with E-state index < -0.39 is 17.6 Å². The van der Waals surface area contributed by atoms with Gasteiger partial charge in [0, 0.05) is 25.3 Å². The van der Waals surface area contributed by atoms with Crippen LogP contribution >= 0.6 is 0 Å². The molecule has 0 aliphatic rings. The molecule has 0 bridgehead atoms. The molecule has 0 aromatic heterocycles. The maximum absolute atomic E-state index is 13.0. The van der Waals surface area contributed by atoms with E-state index in [2.05, 4.69) is 10.6 Å². The molecule has 2 aromatic carbocycles. The summed E-state index contributed by atoms with van der Waals surface area (Å²) in [6, 6.07) is 9.41. The largest absolute Gasteiger partial charge is 0.492 e. The van der Waals surface area contributed by atoms with Crippen molar-refractivity contribution in [3.8, 4) is 5.75 Å². The van der Waals surface area contributed by atoms with Crippen LogP contribution in [0.1, 0.15) is 22.8 Å². The van der Waals surface area contributed by atoms with Gasteiger partial charge in [-0.05, 0) is 43.3 Å². The van der Waals surface area contributed by atoms with Gasteiger partial charge in [0.05, 0.1) is 24.4 Å². The van der Waals surface area contributed by atoms with Crippen LogP contribution in [-0.2, 0) is 11.0 Å². The van der Waals surface area contributed by atoms with Crippen LogP contribution in [0.4, 0.5) is 24.5 Å². The molecule has 0 atom stereocenters. The van der Waals surface area contributed by atoms with Gasteiger partial charge in [-0.25, -0.2) is 0 Å². The van der Waals surface area contributed by atoms with E-state index in [1.54, 1.807) is 39.2 Å². The number of alkyl halides is 3. The van der Waals surface area contributed by atoms with Gasteiger partial charge < -0.3 is 20.3 Å². The summed E-state index contributed by atoms with van der Waals surface area (Å²) >= 11 is 0. The average molecular weight is 409 g/mol. The van der Waals surface area contributed by atoms with Gasteiger partial charge in [0.2, 0.25) is 5.91 Å². The lowest BCUT2D eigenvalue weighted by Crippen LogP contribution is -2.23. The van der Waals surface area contributed by atoms with Crippen LogP contribution in [-0.4, -0.2) is 44.0 Å². The Balaban J connectivity index is 2.09. The average Bonchev–Trinajstić information content (AvgIpc) is 2.66. The summed E-state index contributed by atoms with van der Waals surface area (Å²) in [6.45, 7) is 1.68. The molecular formula is C20H22F3N3O3. The van der Waals surface area contributed by atoms with Crippen LogP contribution in [0.15, 0.2) is 42.5 Å². The molecule has 0 saturated carbocycles. The van der Waals surface area contributed by atoms with E-state index >= 15 is 0 Å². The van der Waals surface area contributed by atoms with Gasteiger partial charge in [-0.1, -0.05) is 6.07 Å². The normalized spacial score (nSPS) is 11.0. The molecular weight excluding hydrogens is 387 g/mol. The summed E-state index contributed by atoms with van der Waals surface area (Å²) < 4.78 is 44.2. The first-order valence-electron chi connectivity index (χ1n) is 8.81. The minimum absolute atomic E-state index is 0.0633. The second-order valence-corrected chi connectivity index (χ2v) is 6.32. The molecule has 156 valence electrons. The Labute approximate surface area is 166 Å². The van der Waals surface area contributed by atoms with Crippen molar-refractivity contribution in [2.45, 2.75) is 13.1 Å². The Morgan fingerprint density at radius 1 is 1.10 bits per heavy atom. The number of hydrogen-bond acceptors (Lipinski definition) is 4. The molecule has 0 fully saturated rings. The highest BCUT2D eigenvalue weighted by molar-refractivity contribution is 5.98. The third-order valence-electron chi connectivity index (χ3n) is 3.85. The third kappa shape index (κ3) is 6.13. The maximum Gasteiger partial charge on any atom is 0.416 e. The van der Waals surface area contributed by atoms with E-state index in [0.29, 0.717) is 11.3 Å². The zero-order valence-electron chi connectivity index (χ0n) is 16.3. The number of halogens is 3. The molecule has 0 spiro atoms. The first-order valence-corrected chi connectivity index (χ1v) is 8.81. The topological polar surface area (TPSA) is 70.7 Å². The lowest BCUT2D eigenvalue weighted by molar-refractivity contribution is -0.137. The van der Waals surface area contributed by atoms with Crippen molar-refractivity contribution in [3.63, 3.8) is 0 Å². The van der Waals surface area contributed by atoms with Crippen molar-refractivity contribution in [3.05, 3.63) is 53.6 Å². The van der Waals surface area contributed by atoms with Gasteiger partial charge in [0.1, 0.15) is 5.75 Å². The SMILES string of the molecule is CCOc1ccc(C(F)(F)F)cc1NCC(=O)Nc1cccc(C(=O)N(C)C)c1. The van der Waals surface area contributed by atoms with Crippen molar-refractivity contribution in [1.82, 2.24) is 4.90 Å². The summed E-state index contributed by atoms with van der Waals surface area (Å²) in [4.78, 5) is 25.6. The van der Waals surface area contributed by atoms with E-state index in [9.17, 15) is 22.8 Å². The Morgan fingerprint density at radius 2 is 1.83 bits per heavy atom. The highest BCUT2D eigenvalue weighted by Crippen LogP contribution is 2.35. The highest BCUT2D eigenvalue weighted by Gasteiger charge is 2.31. The number of nitrogens with one attached hydrogen (secondary N) is 2. The Morgan fingerprint density at radius 3 is 2.45 bits per heavy atom. The fraction of sp³-hybridized carbons (Fsp3) is 0.300. The maximum atomic E-state index is 13.0. The molecule has 0 aliphatic heterocycles. The summed E-state index contributed by atoms with van der Waals surface area (Å²) in [5.74, 6) is -0.490. The molecule has 2 N–H and O–H groups in total. The van der Waals surface area contributed by atoms with Crippen molar-refractivity contribution < 1.29 is 27.5 Å². The standard InChI is InChI=1S/C20H22F3N3O3/c1-4-29-17-9-8-14(20(21,22)23)11-16(17)24-12-18(27)25-15-7-5-6-13(10-15)19(28)26(2)3/h5-11,24H,4,12H2,1-3H3,(H,25,27). The molecule has 2 aromatic rings. The van der Waals surface area contributed by atoms with E-state index in [1.165, 1.54) is 17.0 Å². The van der Waals surface area contributed by atoms with Crippen molar-refractivity contribution in [1.29, 1.82) is 0 Å². The van der Waals surface area contributed by atoms with E-state index in [4.69, 9.17) is 4.74 Å². The lowest BCUT2D eigenvalue weighted by atomic mass is 10.1. The second kappa shape index (κ2) is 9.31. The summed E-state index contributed by atoms with van der Waals surface area (Å²) in [6.07, 6.45) is -4.51. The number of carbonyl (C=O) groups excluding carboxylic acids is 2. The number of hydrogen-bond donors (Lipinski definition) is 2. The van der Waals surface area contributed by atoms with Gasteiger partial charge in [-0.2, -0.15) is 13.2 Å². The van der Waals surface area contributed by atoms with Gasteiger partial charge in [-0.3, -0.25) is 9.59 Å². The Hall–Kier alpha value is -3.23. The predicted octanol–water partition coefficient (Wildman–Crippen LogP) is 3.86. The number of anilines is 2. The Bertz CT molecular complexity index is 883. The number of nitrogens with zero attached hydrogens (tertiary/aromatic N) is 1. The number of benzene rings is 2. The van der Waals surface area contributed by atoms with Crippen LogP contribution in [0.3, 0.4) is 0 Å². The molecule has 0 unspecified atom stereocenters. The first-order chi connectivity index (χ1) is 13.6. The van der Waals surface area contributed by atoms with Crippen LogP contribution in [0, 0.1) is 0 Å². The number of carbonyl (C=O) groups is 2. The lowest BCUT2D eigenvalue weighted by Gasteiger charge is -2.15. The molecule has 2 amide bonds. The van der Waals surface area contributed by atoms with Crippen LogP contribution in [0.5, 0.6) is 5.75 Å². The first kappa shape index (κ1) is 22.1. The molecule has 0 radical (unpaired) electrons. The minimum atomic E-state index is -4.51. The summed E-state index contributed by atoms with van der Waals surface area (Å²) in [5, 5.41) is 5.28. The molecule has 6 nitrogen and oxygen atoms in total. The predicted molar refractivity (Wildman–Crippen MR) is 104 cm³/mol. The second-order valence-electron chi connectivity index (χ2n) is 6.32. The van der Waals surface area contributed by atoms with Crippen molar-refractivity contribution in [2.24, 2.45) is 0 Å². The monoisotopic (exact) mass is 409 g/mol. The van der Waals surface area contributed by atoms with Crippen LogP contribution in [0.2, 0.25) is 0 Å². The van der Waals surface area contributed by atoms with E-state index in [1.807, 2.05) is 0 Å². The molecule has 9 heteroatoms. The third-order valence-corrected chi connectivity index (χ3v) is 3.85. The fourth-order valence-corrected chi connectivity index (χ4v) is 2.49. The van der Waals surface area contributed by atoms with Crippen LogP contribution in [0.25, 0.3) is 0 Å². The number of ether oxygens (including phenoxy) is 1. The quantitative estimate of drug-likeness (QED) is 0.729. The zero-order valence-corrected chi connectivity index (χ0v) is 16.3. The van der Waals surface area contributed by atoms with Gasteiger partial charge in [0.25, 0.3) is 5.91 Å². The Kier molecular flexibility index (Phi) is 7.08. The highest BCUT2D eigenvalue weighted by atomic mass is 19.4. The smallest absolute Gasteiger partial charge is 0.416 e. The minimum Gasteiger partial charge on any atom is -0.492 e. The summed E-state index contributed by atoms with van der Waals surface area (Å²) in [7, 11) is 3.23. The molecule has 0 saturated heterocycles. The summed E-state index contributed by atoms with van der Waals surface area (Å²) in [5.41, 5.74) is 0.0166. The molecule has 29 heavy (non-hydrogen) atoms. The van der Waals surface area contributed by atoms with E-state index in [-0.39, 0.29) is 30.5 Å². The molecule has 2 rings (SSSR count). The van der Waals surface area contributed by atoms with E-state index in [0.717, 1.165) is 12.1 Å². The fourth-order valence-electron chi connectivity index (χ4n) is 2.49. The van der Waals surface area contributed by atoms with Gasteiger partial charge in [0.15, 0.2) is 0 Å². The van der Waals surface area contributed by atoms with Crippen LogP contribution < -0.4 is 15.4 Å². The molecule has 0 heterocycles. The number of amides is 2. The zero-order chi connectivity index (χ0) is 21.6. The van der Waals surface area contributed by atoms with Crippen molar-refractivity contribution in [2.75, 3.05) is 37.9 Å². The van der Waals surface area contributed by atoms with Gasteiger partial charge in [-0.15, -0.1) is 0 Å².